The molecule has 0 amide bonds. The van der Waals surface area contributed by atoms with Crippen LogP contribution in [0.25, 0.3) is 11.3 Å². The molecule has 0 fully saturated rings. The Morgan fingerprint density at radius 3 is 2.36 bits per heavy atom. The molecule has 1 N–H and O–H groups in total. The van der Waals surface area contributed by atoms with Crippen LogP contribution in [0.15, 0.2) is 65.8 Å². The standard InChI is InChI=1S/C26H23ClN4O4S/c1-32-17-12-20(33-2)22(21(13-17)34-3)24-28-19-7-5-4-6-18(19)23-25(35-24)29-26(31-30-23)36-14-15-8-10-16(27)11-9-15/h4-13,24,28H,14H2,1-3H3/t24-/m1/s1. The van der Waals surface area contributed by atoms with Crippen LogP contribution in [0.1, 0.15) is 17.4 Å². The lowest BCUT2D eigenvalue weighted by Gasteiger charge is -2.23. The fourth-order valence-electron chi connectivity index (χ4n) is 3.86. The van der Waals surface area contributed by atoms with Crippen molar-refractivity contribution in [2.75, 3.05) is 26.6 Å². The maximum Gasteiger partial charge on any atom is 0.247 e. The molecule has 0 unspecified atom stereocenters. The molecule has 5 rings (SSSR count). The third kappa shape index (κ3) is 4.84. The van der Waals surface area contributed by atoms with Gasteiger partial charge in [-0.05, 0) is 23.8 Å². The van der Waals surface area contributed by atoms with Gasteiger partial charge < -0.3 is 24.3 Å². The lowest BCUT2D eigenvalue weighted by Crippen LogP contribution is -2.19. The highest BCUT2D eigenvalue weighted by Crippen LogP contribution is 2.45. The van der Waals surface area contributed by atoms with Gasteiger partial charge in [0.05, 0.1) is 26.9 Å². The maximum absolute atomic E-state index is 6.44. The summed E-state index contributed by atoms with van der Waals surface area (Å²) in [5, 5.41) is 13.5. The molecule has 2 heterocycles. The topological polar surface area (TPSA) is 87.6 Å². The lowest BCUT2D eigenvalue weighted by molar-refractivity contribution is 0.213. The number of benzene rings is 3. The van der Waals surface area contributed by atoms with Crippen LogP contribution in [0, 0.1) is 0 Å². The third-order valence-corrected chi connectivity index (χ3v) is 6.79. The predicted octanol–water partition coefficient (Wildman–Crippen LogP) is 6.01. The van der Waals surface area contributed by atoms with E-state index in [1.165, 1.54) is 11.8 Å². The van der Waals surface area contributed by atoms with Crippen LogP contribution >= 0.6 is 23.4 Å². The van der Waals surface area contributed by atoms with E-state index in [1.54, 1.807) is 33.5 Å². The molecule has 36 heavy (non-hydrogen) atoms. The number of methoxy groups -OCH3 is 3. The minimum atomic E-state index is -0.686. The monoisotopic (exact) mass is 522 g/mol. The highest BCUT2D eigenvalue weighted by molar-refractivity contribution is 7.98. The largest absolute Gasteiger partial charge is 0.496 e. The number of ether oxygens (including phenoxy) is 4. The van der Waals surface area contributed by atoms with Crippen LogP contribution in [0.5, 0.6) is 23.1 Å². The van der Waals surface area contributed by atoms with Crippen LogP contribution in [0.3, 0.4) is 0 Å². The third-order valence-electron chi connectivity index (χ3n) is 5.63. The Kier molecular flexibility index (Phi) is 7.02. The summed E-state index contributed by atoms with van der Waals surface area (Å²) in [5.41, 5.74) is 3.95. The summed E-state index contributed by atoms with van der Waals surface area (Å²) in [5.74, 6) is 2.71. The number of thioether (sulfide) groups is 1. The Morgan fingerprint density at radius 2 is 1.67 bits per heavy atom. The number of halogens is 1. The summed E-state index contributed by atoms with van der Waals surface area (Å²) in [6.45, 7) is 0. The van der Waals surface area contributed by atoms with Gasteiger partial charge in [0.15, 0.2) is 5.69 Å². The van der Waals surface area contributed by atoms with E-state index >= 15 is 0 Å². The number of fused-ring (bicyclic) bond motifs is 3. The van der Waals surface area contributed by atoms with E-state index in [4.69, 9.17) is 35.5 Å². The fraction of sp³-hybridized carbons (Fsp3) is 0.192. The molecule has 3 aromatic carbocycles. The van der Waals surface area contributed by atoms with E-state index in [-0.39, 0.29) is 0 Å². The molecule has 0 aliphatic carbocycles. The van der Waals surface area contributed by atoms with Crippen LogP contribution in [0.2, 0.25) is 5.02 Å². The zero-order chi connectivity index (χ0) is 25.1. The smallest absolute Gasteiger partial charge is 0.247 e. The second-order valence-electron chi connectivity index (χ2n) is 7.80. The van der Waals surface area contributed by atoms with E-state index in [9.17, 15) is 0 Å². The van der Waals surface area contributed by atoms with Crippen molar-refractivity contribution in [1.82, 2.24) is 15.2 Å². The molecular weight excluding hydrogens is 500 g/mol. The Morgan fingerprint density at radius 1 is 0.944 bits per heavy atom. The van der Waals surface area contributed by atoms with E-state index in [2.05, 4.69) is 15.5 Å². The van der Waals surface area contributed by atoms with Crippen molar-refractivity contribution in [3.63, 3.8) is 0 Å². The highest BCUT2D eigenvalue weighted by Gasteiger charge is 2.30. The number of para-hydroxylation sites is 1. The summed E-state index contributed by atoms with van der Waals surface area (Å²) in [7, 11) is 4.77. The fourth-order valence-corrected chi connectivity index (χ4v) is 4.72. The van der Waals surface area contributed by atoms with Crippen molar-refractivity contribution >= 4 is 29.1 Å². The first-order chi connectivity index (χ1) is 17.6. The summed E-state index contributed by atoms with van der Waals surface area (Å²) < 4.78 is 23.2. The van der Waals surface area contributed by atoms with Crippen molar-refractivity contribution in [2.24, 2.45) is 0 Å². The summed E-state index contributed by atoms with van der Waals surface area (Å²) in [6.07, 6.45) is -0.686. The molecule has 8 nitrogen and oxygen atoms in total. The molecule has 0 bridgehead atoms. The first-order valence-electron chi connectivity index (χ1n) is 11.0. The average molecular weight is 523 g/mol. The Balaban J connectivity index is 1.54. The molecule has 1 aromatic heterocycles. The highest BCUT2D eigenvalue weighted by atomic mass is 35.5. The van der Waals surface area contributed by atoms with Gasteiger partial charge in [0.2, 0.25) is 17.3 Å². The summed E-state index contributed by atoms with van der Waals surface area (Å²) in [6, 6.07) is 19.0. The molecule has 10 heteroatoms. The van der Waals surface area contributed by atoms with Crippen LogP contribution in [0.4, 0.5) is 5.69 Å². The molecule has 1 atom stereocenters. The number of hydrogen-bond acceptors (Lipinski definition) is 9. The van der Waals surface area contributed by atoms with Gasteiger partial charge in [-0.15, -0.1) is 10.2 Å². The van der Waals surface area contributed by atoms with E-state index in [1.807, 2.05) is 48.5 Å². The minimum Gasteiger partial charge on any atom is -0.496 e. The van der Waals surface area contributed by atoms with Crippen molar-refractivity contribution in [2.45, 2.75) is 17.1 Å². The van der Waals surface area contributed by atoms with Crippen LogP contribution in [-0.2, 0) is 5.75 Å². The molecule has 0 saturated heterocycles. The average Bonchev–Trinajstić information content (AvgIpc) is 3.08. The van der Waals surface area contributed by atoms with E-state index in [0.29, 0.717) is 50.3 Å². The Hall–Kier alpha value is -3.69. The second-order valence-corrected chi connectivity index (χ2v) is 9.18. The van der Waals surface area contributed by atoms with Crippen molar-refractivity contribution < 1.29 is 18.9 Å². The summed E-state index contributed by atoms with van der Waals surface area (Å²) >= 11 is 7.46. The van der Waals surface area contributed by atoms with E-state index < -0.39 is 6.23 Å². The first kappa shape index (κ1) is 24.0. The zero-order valence-corrected chi connectivity index (χ0v) is 21.4. The number of anilines is 1. The van der Waals surface area contributed by atoms with Crippen molar-refractivity contribution in [1.29, 1.82) is 0 Å². The molecular formula is C26H23ClN4O4S. The number of nitrogens with zero attached hydrogens (tertiary/aromatic N) is 3. The normalized spacial score (nSPS) is 13.9. The molecule has 0 saturated carbocycles. The maximum atomic E-state index is 6.44. The molecule has 4 aromatic rings. The van der Waals surface area contributed by atoms with Gasteiger partial charge in [0, 0.05) is 34.2 Å². The summed E-state index contributed by atoms with van der Waals surface area (Å²) in [4.78, 5) is 4.72. The Labute approximate surface area is 217 Å². The van der Waals surface area contributed by atoms with Crippen molar-refractivity contribution in [3.05, 3.63) is 76.8 Å². The van der Waals surface area contributed by atoms with Crippen LogP contribution in [-0.4, -0.2) is 36.5 Å². The van der Waals surface area contributed by atoms with Gasteiger partial charge in [-0.2, -0.15) is 4.98 Å². The number of hydrogen-bond donors (Lipinski definition) is 1. The number of rotatable bonds is 7. The van der Waals surface area contributed by atoms with E-state index in [0.717, 1.165) is 16.8 Å². The zero-order valence-electron chi connectivity index (χ0n) is 19.8. The SMILES string of the molecule is COc1cc(OC)c([C@@H]2Nc3ccccc3-c3nnc(SCc4ccc(Cl)cc4)nc3O2)c(OC)c1. The lowest BCUT2D eigenvalue weighted by atomic mass is 10.1. The quantitative estimate of drug-likeness (QED) is 0.293. The molecule has 184 valence electrons. The van der Waals surface area contributed by atoms with Gasteiger partial charge in [-0.1, -0.05) is 53.7 Å². The van der Waals surface area contributed by atoms with Crippen LogP contribution < -0.4 is 24.3 Å². The molecule has 1 aliphatic heterocycles. The molecule has 0 radical (unpaired) electrons. The first-order valence-corrected chi connectivity index (χ1v) is 12.4. The van der Waals surface area contributed by atoms with Gasteiger partial charge in [0.25, 0.3) is 0 Å². The van der Waals surface area contributed by atoms with Crippen molar-refractivity contribution in [3.8, 4) is 34.4 Å². The molecule has 1 aliphatic rings. The Bertz CT molecular complexity index is 1360. The van der Waals surface area contributed by atoms with Gasteiger partial charge in [-0.25, -0.2) is 0 Å². The minimum absolute atomic E-state index is 0.353. The van der Waals surface area contributed by atoms with Gasteiger partial charge >= 0.3 is 0 Å². The number of nitrogens with one attached hydrogen (secondary N) is 1. The second kappa shape index (κ2) is 10.5. The molecule has 0 spiro atoms. The van der Waals surface area contributed by atoms with Gasteiger partial charge in [0.1, 0.15) is 17.2 Å². The predicted molar refractivity (Wildman–Crippen MR) is 139 cm³/mol. The van der Waals surface area contributed by atoms with Gasteiger partial charge in [-0.3, -0.25) is 0 Å². The number of aromatic nitrogens is 3.